The number of halogens is 3. The Labute approximate surface area is 285 Å². The smallest absolute Gasteiger partial charge is 0.237 e. The van der Waals surface area contributed by atoms with Crippen LogP contribution < -0.4 is 0 Å². The first kappa shape index (κ1) is 33.2. The first-order valence-corrected chi connectivity index (χ1v) is 13.5. The molecule has 0 N–H and O–H groups in total. The lowest BCUT2D eigenvalue weighted by Gasteiger charge is -2.17. The van der Waals surface area contributed by atoms with Crippen LogP contribution in [-0.4, -0.2) is 0 Å². The Bertz CT molecular complexity index is 2870. The molecule has 0 atom stereocenters. The Morgan fingerprint density at radius 2 is 1.06 bits per heavy atom. The van der Waals surface area contributed by atoms with Gasteiger partial charge in [-0.3, -0.25) is 0 Å². The summed E-state index contributed by atoms with van der Waals surface area (Å²) in [4.78, 5) is 13.1. The van der Waals surface area contributed by atoms with Crippen LogP contribution in [0.4, 0.5) is 18.9 Å². The Balaban J connectivity index is 2.16. The van der Waals surface area contributed by atoms with Crippen LogP contribution in [0.2, 0.25) is 0 Å². The standard InChI is InChI=1S/C37H4F3N11/c1-48-26-8-25(40)24(39)7-19(26)33-36(28(15-47)50-3)32-21(12-44)30-20(11-43)29(18-6-23(38)17(10-42)5-16(18)9-41)35(27(14-46)49-2)31(30)22(13-45)34(32)37(33)51-4/h5-8H/b35-27-,36-28-. The fourth-order valence-corrected chi connectivity index (χ4v) is 5.99. The zero-order chi connectivity index (χ0) is 37.3. The van der Waals surface area contributed by atoms with Crippen LogP contribution in [0.15, 0.2) is 35.7 Å². The van der Waals surface area contributed by atoms with Gasteiger partial charge in [-0.25, -0.2) is 43.1 Å². The summed E-state index contributed by atoms with van der Waals surface area (Å²) in [5.74, 6) is -4.10. The summed E-state index contributed by atoms with van der Waals surface area (Å²) >= 11 is 0. The molecule has 5 rings (SSSR count). The zero-order valence-corrected chi connectivity index (χ0v) is 24.9. The number of nitrogens with zero attached hydrogens (tertiary/aromatic N) is 11. The van der Waals surface area contributed by atoms with Gasteiger partial charge in [0.05, 0.1) is 78.4 Å². The molecule has 0 spiro atoms. The molecule has 2 aliphatic rings. The van der Waals surface area contributed by atoms with Crippen molar-refractivity contribution in [2.75, 3.05) is 0 Å². The van der Waals surface area contributed by atoms with Gasteiger partial charge in [0.15, 0.2) is 11.5 Å². The highest BCUT2D eigenvalue weighted by Crippen LogP contribution is 2.59. The molecule has 3 aromatic rings. The number of rotatable bonds is 2. The van der Waals surface area contributed by atoms with Crippen molar-refractivity contribution in [1.29, 1.82) is 36.8 Å². The third-order valence-electron chi connectivity index (χ3n) is 7.88. The number of benzene rings is 3. The van der Waals surface area contributed by atoms with Crippen LogP contribution >= 0.6 is 0 Å². The molecule has 0 bridgehead atoms. The average Bonchev–Trinajstić information content (AvgIpc) is 3.65. The van der Waals surface area contributed by atoms with E-state index in [1.54, 1.807) is 24.3 Å². The molecule has 51 heavy (non-hydrogen) atoms. The molecular weight excluding hydrogens is 655 g/mol. The van der Waals surface area contributed by atoms with Crippen molar-refractivity contribution < 1.29 is 13.2 Å². The molecule has 0 unspecified atom stereocenters. The Hall–Kier alpha value is -9.20. The zero-order valence-electron chi connectivity index (χ0n) is 24.9. The van der Waals surface area contributed by atoms with E-state index in [1.807, 2.05) is 18.2 Å². The molecule has 0 aliphatic heterocycles. The Morgan fingerprint density at radius 1 is 0.529 bits per heavy atom. The molecule has 0 heterocycles. The average molecular weight is 660 g/mol. The lowest BCUT2D eigenvalue weighted by atomic mass is 9.83. The summed E-state index contributed by atoms with van der Waals surface area (Å²) in [5.41, 5.74) is -10.2. The SMILES string of the molecule is [C-]#[N+]C1=C(c2cc(F)c(F)cc2[N+]#[C-])/C(=C(/C#N)[N+]#[C-])c2c(C#N)c3c(c(C#N)c21)/C(=C(/C#N)[N+]#[C-])C(c1cc(F)c(C#N)cc1C#N)=C3C#N. The van der Waals surface area contributed by atoms with Crippen LogP contribution in [0.5, 0.6) is 0 Å². The van der Waals surface area contributed by atoms with E-state index in [0.717, 1.165) is 6.07 Å². The van der Waals surface area contributed by atoms with E-state index in [4.69, 9.17) is 26.3 Å². The van der Waals surface area contributed by atoms with Crippen LogP contribution in [0.25, 0.3) is 52.9 Å². The summed E-state index contributed by atoms with van der Waals surface area (Å²) in [6, 6.07) is 14.7. The Kier molecular flexibility index (Phi) is 8.15. The van der Waals surface area contributed by atoms with Crippen molar-refractivity contribution in [2.24, 2.45) is 0 Å². The van der Waals surface area contributed by atoms with E-state index in [9.17, 15) is 45.6 Å². The largest absolute Gasteiger partial charge is 0.270 e. The summed E-state index contributed by atoms with van der Waals surface area (Å²) in [5, 5.41) is 71.4. The predicted molar refractivity (Wildman–Crippen MR) is 168 cm³/mol. The second-order valence-corrected chi connectivity index (χ2v) is 10.1. The van der Waals surface area contributed by atoms with Crippen molar-refractivity contribution in [3.8, 4) is 42.5 Å². The molecule has 0 fully saturated rings. The summed E-state index contributed by atoms with van der Waals surface area (Å²) in [6.45, 7) is 31.2. The van der Waals surface area contributed by atoms with Gasteiger partial charge in [0.2, 0.25) is 5.70 Å². The van der Waals surface area contributed by atoms with E-state index in [-0.39, 0.29) is 0 Å². The highest BCUT2D eigenvalue weighted by Gasteiger charge is 2.44. The quantitative estimate of drug-likeness (QED) is 0.199. The van der Waals surface area contributed by atoms with E-state index < -0.39 is 124 Å². The molecule has 2 aliphatic carbocycles. The van der Waals surface area contributed by atoms with E-state index >= 15 is 4.39 Å². The van der Waals surface area contributed by atoms with Gasteiger partial charge in [0.25, 0.3) is 11.4 Å². The second kappa shape index (κ2) is 12.5. The van der Waals surface area contributed by atoms with Crippen LogP contribution in [0.3, 0.4) is 0 Å². The first-order valence-electron chi connectivity index (χ1n) is 13.5. The third kappa shape index (κ3) is 4.50. The van der Waals surface area contributed by atoms with Gasteiger partial charge < -0.3 is 0 Å². The second-order valence-electron chi connectivity index (χ2n) is 10.1. The monoisotopic (exact) mass is 659 g/mol. The molecule has 0 radical (unpaired) electrons. The summed E-state index contributed by atoms with van der Waals surface area (Å²) in [6.07, 6.45) is 0. The fraction of sp³-hybridized carbons (Fsp3) is 0. The highest BCUT2D eigenvalue weighted by atomic mass is 19.2. The number of nitriles is 7. The fourth-order valence-electron chi connectivity index (χ4n) is 5.99. The van der Waals surface area contributed by atoms with Crippen molar-refractivity contribution >= 4 is 39.2 Å². The van der Waals surface area contributed by atoms with E-state index in [1.165, 1.54) is 0 Å². The Morgan fingerprint density at radius 3 is 1.55 bits per heavy atom. The van der Waals surface area contributed by atoms with Crippen molar-refractivity contribution in [3.63, 3.8) is 0 Å². The third-order valence-corrected chi connectivity index (χ3v) is 7.88. The van der Waals surface area contributed by atoms with Gasteiger partial charge >= 0.3 is 0 Å². The molecule has 14 heteroatoms. The minimum Gasteiger partial charge on any atom is -0.237 e. The molecule has 0 saturated carbocycles. The first-order chi connectivity index (χ1) is 24.6. The van der Waals surface area contributed by atoms with Gasteiger partial charge in [0, 0.05) is 22.3 Å². The highest BCUT2D eigenvalue weighted by molar-refractivity contribution is 6.32. The molecule has 0 aromatic heterocycles. The maximum absolute atomic E-state index is 15.1. The number of hydrogen-bond donors (Lipinski definition) is 0. The lowest BCUT2D eigenvalue weighted by molar-refractivity contribution is 0.509. The topological polar surface area (TPSA) is 184 Å². The summed E-state index contributed by atoms with van der Waals surface area (Å²) in [7, 11) is 0. The minimum atomic E-state index is -1.49. The van der Waals surface area contributed by atoms with Crippen molar-refractivity contribution in [1.82, 2.24) is 0 Å². The van der Waals surface area contributed by atoms with E-state index in [2.05, 4.69) is 19.4 Å². The van der Waals surface area contributed by atoms with Gasteiger partial charge in [-0.1, -0.05) is 0 Å². The molecular formula is C37H4F3N11. The molecule has 11 nitrogen and oxygen atoms in total. The van der Waals surface area contributed by atoms with Crippen LogP contribution in [-0.2, 0) is 0 Å². The summed E-state index contributed by atoms with van der Waals surface area (Å²) < 4.78 is 44.2. The van der Waals surface area contributed by atoms with Crippen molar-refractivity contribution in [2.45, 2.75) is 0 Å². The normalized spacial score (nSPS) is 13.9. The van der Waals surface area contributed by atoms with Gasteiger partial charge in [-0.15, -0.1) is 0 Å². The molecule has 0 saturated heterocycles. The van der Waals surface area contributed by atoms with Crippen LogP contribution in [0.1, 0.15) is 55.6 Å². The molecule has 3 aromatic carbocycles. The number of fused-ring (bicyclic) bond motifs is 2. The minimum absolute atomic E-state index is 0.401. The maximum Gasteiger partial charge on any atom is 0.270 e. The predicted octanol–water partition coefficient (Wildman–Crippen LogP) is 7.70. The van der Waals surface area contributed by atoms with E-state index in [0.29, 0.717) is 18.2 Å². The van der Waals surface area contributed by atoms with Crippen LogP contribution in [0, 0.1) is 123 Å². The molecule has 0 amide bonds. The number of hydrogen-bond acceptors (Lipinski definition) is 7. The number of allylic oxidation sites excluding steroid dienone is 7. The lowest BCUT2D eigenvalue weighted by Crippen LogP contribution is -2.04. The molecule has 228 valence electrons. The van der Waals surface area contributed by atoms with Gasteiger partial charge in [-0.2, -0.15) is 26.3 Å². The van der Waals surface area contributed by atoms with Gasteiger partial charge in [0.1, 0.15) is 29.8 Å². The maximum atomic E-state index is 15.1. The van der Waals surface area contributed by atoms with Gasteiger partial charge in [-0.05, 0) is 57.7 Å². The van der Waals surface area contributed by atoms with Crippen molar-refractivity contribution in [3.05, 3.63) is 154 Å².